The molecular formula is C28H29N3O4. The molecule has 0 saturated heterocycles. The fourth-order valence-electron chi connectivity index (χ4n) is 4.87. The Balaban J connectivity index is 1.25. The first-order valence-corrected chi connectivity index (χ1v) is 11.8. The van der Waals surface area contributed by atoms with Crippen molar-refractivity contribution in [3.05, 3.63) is 100 Å². The molecule has 0 bridgehead atoms. The van der Waals surface area contributed by atoms with Gasteiger partial charge in [-0.2, -0.15) is 0 Å². The van der Waals surface area contributed by atoms with Crippen LogP contribution in [0, 0.1) is 0 Å². The Bertz CT molecular complexity index is 1240. The fourth-order valence-corrected chi connectivity index (χ4v) is 4.87. The van der Waals surface area contributed by atoms with Crippen molar-refractivity contribution in [3.8, 4) is 5.75 Å². The van der Waals surface area contributed by atoms with E-state index in [0.717, 1.165) is 11.1 Å². The molecule has 7 nitrogen and oxygen atoms in total. The van der Waals surface area contributed by atoms with Gasteiger partial charge < -0.3 is 25.4 Å². The first-order valence-electron chi connectivity index (χ1n) is 11.8. The molecule has 3 aromatic carbocycles. The van der Waals surface area contributed by atoms with E-state index in [4.69, 9.17) is 4.74 Å². The summed E-state index contributed by atoms with van der Waals surface area (Å²) in [5.41, 5.74) is 5.20. The monoisotopic (exact) mass is 471 g/mol. The van der Waals surface area contributed by atoms with Gasteiger partial charge in [-0.3, -0.25) is 9.59 Å². The molecular weight excluding hydrogens is 442 g/mol. The molecule has 2 aliphatic rings. The van der Waals surface area contributed by atoms with Gasteiger partial charge in [-0.1, -0.05) is 54.6 Å². The van der Waals surface area contributed by atoms with Crippen LogP contribution < -0.4 is 15.4 Å². The molecule has 180 valence electrons. The first kappa shape index (κ1) is 23.1. The summed E-state index contributed by atoms with van der Waals surface area (Å²) in [4.78, 5) is 27.8. The second-order valence-corrected chi connectivity index (χ2v) is 9.09. The number of nitrogens with zero attached hydrogens (tertiary/aromatic N) is 1. The number of rotatable bonds is 7. The molecule has 5 rings (SSSR count). The lowest BCUT2D eigenvalue weighted by atomic mass is 9.93. The van der Waals surface area contributed by atoms with Crippen LogP contribution in [-0.2, 0) is 26.1 Å². The van der Waals surface area contributed by atoms with E-state index in [1.165, 1.54) is 18.2 Å². The van der Waals surface area contributed by atoms with Crippen LogP contribution in [0.15, 0.2) is 66.7 Å². The summed E-state index contributed by atoms with van der Waals surface area (Å²) in [5, 5.41) is 16.9. The third-order valence-corrected chi connectivity index (χ3v) is 6.81. The van der Waals surface area contributed by atoms with Crippen LogP contribution in [-0.4, -0.2) is 47.6 Å². The summed E-state index contributed by atoms with van der Waals surface area (Å²) in [6.07, 6.45) is -0.0370. The van der Waals surface area contributed by atoms with Crippen LogP contribution >= 0.6 is 0 Å². The van der Waals surface area contributed by atoms with Crippen molar-refractivity contribution in [3.63, 3.8) is 0 Å². The number of aliphatic hydroxyl groups is 1. The summed E-state index contributed by atoms with van der Waals surface area (Å²) in [6, 6.07) is 21.2. The molecule has 35 heavy (non-hydrogen) atoms. The quantitative estimate of drug-likeness (QED) is 0.493. The van der Waals surface area contributed by atoms with E-state index in [-0.39, 0.29) is 24.4 Å². The van der Waals surface area contributed by atoms with Gasteiger partial charge in [0, 0.05) is 37.8 Å². The van der Waals surface area contributed by atoms with Gasteiger partial charge in [-0.25, -0.2) is 0 Å². The smallest absolute Gasteiger partial charge is 0.255 e. The predicted octanol–water partition coefficient (Wildman–Crippen LogP) is 2.66. The predicted molar refractivity (Wildman–Crippen MR) is 132 cm³/mol. The topological polar surface area (TPSA) is 90.9 Å². The van der Waals surface area contributed by atoms with Gasteiger partial charge in [-0.05, 0) is 40.8 Å². The highest BCUT2D eigenvalue weighted by Gasteiger charge is 2.31. The second kappa shape index (κ2) is 9.90. The molecule has 2 aliphatic heterocycles. The summed E-state index contributed by atoms with van der Waals surface area (Å²) in [7, 11) is 1.48. The molecule has 0 saturated carbocycles. The number of carbonyl (C=O) groups is 2. The van der Waals surface area contributed by atoms with E-state index in [1.54, 1.807) is 17.0 Å². The molecule has 7 heteroatoms. The molecule has 0 spiro atoms. The number of ether oxygens (including phenoxy) is 1. The highest BCUT2D eigenvalue weighted by Crippen LogP contribution is 2.31. The Morgan fingerprint density at radius 1 is 1.11 bits per heavy atom. The molecule has 3 aromatic rings. The van der Waals surface area contributed by atoms with Gasteiger partial charge >= 0.3 is 0 Å². The van der Waals surface area contributed by atoms with Crippen molar-refractivity contribution in [2.45, 2.75) is 38.2 Å². The molecule has 0 aliphatic carbocycles. The summed E-state index contributed by atoms with van der Waals surface area (Å²) < 4.78 is 5.45. The van der Waals surface area contributed by atoms with Crippen molar-refractivity contribution < 1.29 is 19.4 Å². The van der Waals surface area contributed by atoms with Crippen molar-refractivity contribution in [1.29, 1.82) is 0 Å². The van der Waals surface area contributed by atoms with Crippen LogP contribution in [0.25, 0.3) is 0 Å². The molecule has 2 amide bonds. The van der Waals surface area contributed by atoms with E-state index in [9.17, 15) is 14.7 Å². The number of benzene rings is 3. The zero-order valence-corrected chi connectivity index (χ0v) is 19.7. The summed E-state index contributed by atoms with van der Waals surface area (Å²) in [6.45, 7) is 1.74. The van der Waals surface area contributed by atoms with Crippen LogP contribution in [0.4, 0.5) is 0 Å². The highest BCUT2D eigenvalue weighted by atomic mass is 16.5. The number of carbonyl (C=O) groups excluding carboxylic acids is 2. The van der Waals surface area contributed by atoms with Crippen molar-refractivity contribution in [2.24, 2.45) is 0 Å². The van der Waals surface area contributed by atoms with Crippen LogP contribution in [0.2, 0.25) is 0 Å². The first-order chi connectivity index (χ1) is 17.0. The van der Waals surface area contributed by atoms with Gasteiger partial charge in [0.15, 0.2) is 0 Å². The van der Waals surface area contributed by atoms with Gasteiger partial charge in [0.25, 0.3) is 11.8 Å². The Hall–Kier alpha value is -3.68. The summed E-state index contributed by atoms with van der Waals surface area (Å²) >= 11 is 0. The number of nitrogens with one attached hydrogen (secondary N) is 2. The van der Waals surface area contributed by atoms with Crippen molar-refractivity contribution in [1.82, 2.24) is 15.5 Å². The Labute approximate surface area is 204 Å². The maximum atomic E-state index is 13.0. The number of aliphatic hydroxyl groups excluding tert-OH is 1. The molecule has 0 aromatic heterocycles. The van der Waals surface area contributed by atoms with Crippen LogP contribution in [0.5, 0.6) is 5.75 Å². The van der Waals surface area contributed by atoms with E-state index in [1.807, 2.05) is 42.5 Å². The SMILES string of the molecule is COc1cc2c(cc1C(=O)NCC(O)C1Cc3ccccc3CN1)CN(Cc1ccccc1)C2=O. The lowest BCUT2D eigenvalue weighted by Crippen LogP contribution is -2.49. The van der Waals surface area contributed by atoms with Crippen molar-refractivity contribution in [2.75, 3.05) is 13.7 Å². The number of fused-ring (bicyclic) bond motifs is 2. The highest BCUT2D eigenvalue weighted by molar-refractivity contribution is 6.03. The third kappa shape index (κ3) is 4.78. The summed E-state index contributed by atoms with van der Waals surface area (Å²) in [5.74, 6) is -0.0718. The second-order valence-electron chi connectivity index (χ2n) is 9.09. The largest absolute Gasteiger partial charge is 0.496 e. The number of hydrogen-bond acceptors (Lipinski definition) is 5. The lowest BCUT2D eigenvalue weighted by Gasteiger charge is -2.30. The van der Waals surface area contributed by atoms with Gasteiger partial charge in [0.05, 0.1) is 18.8 Å². The van der Waals surface area contributed by atoms with E-state index < -0.39 is 6.10 Å². The number of amides is 2. The van der Waals surface area contributed by atoms with Gasteiger partial charge in [0.2, 0.25) is 0 Å². The Morgan fingerprint density at radius 2 is 1.86 bits per heavy atom. The zero-order chi connectivity index (χ0) is 24.4. The van der Waals surface area contributed by atoms with Crippen molar-refractivity contribution >= 4 is 11.8 Å². The maximum Gasteiger partial charge on any atom is 0.255 e. The average Bonchev–Trinajstić information content (AvgIpc) is 3.20. The minimum Gasteiger partial charge on any atom is -0.496 e. The fraction of sp³-hybridized carbons (Fsp3) is 0.286. The van der Waals surface area contributed by atoms with Gasteiger partial charge in [0.1, 0.15) is 5.75 Å². The molecule has 2 heterocycles. The van der Waals surface area contributed by atoms with E-state index in [2.05, 4.69) is 22.8 Å². The normalized spacial score (nSPS) is 17.5. The third-order valence-electron chi connectivity index (χ3n) is 6.81. The average molecular weight is 472 g/mol. The van der Waals surface area contributed by atoms with E-state index >= 15 is 0 Å². The Morgan fingerprint density at radius 3 is 2.63 bits per heavy atom. The molecule has 3 N–H and O–H groups in total. The molecule has 0 radical (unpaired) electrons. The minimum absolute atomic E-state index is 0.0758. The minimum atomic E-state index is -0.740. The van der Waals surface area contributed by atoms with Crippen LogP contribution in [0.3, 0.4) is 0 Å². The lowest BCUT2D eigenvalue weighted by molar-refractivity contribution is 0.0766. The van der Waals surface area contributed by atoms with E-state index in [0.29, 0.717) is 42.9 Å². The Kier molecular flexibility index (Phi) is 6.53. The number of methoxy groups -OCH3 is 1. The van der Waals surface area contributed by atoms with Gasteiger partial charge in [-0.15, -0.1) is 0 Å². The standard InChI is InChI=1S/C28H29N3O4/c1-35-26-13-22-21(17-31(28(22)34)16-18-7-3-2-4-8-18)11-23(26)27(33)30-15-25(32)24-12-19-9-5-6-10-20(19)14-29-24/h2-11,13,24-25,29,32H,12,14-17H2,1H3,(H,30,33). The maximum absolute atomic E-state index is 13.0. The van der Waals surface area contributed by atoms with Crippen LogP contribution in [0.1, 0.15) is 43.0 Å². The molecule has 2 unspecified atom stereocenters. The zero-order valence-electron chi connectivity index (χ0n) is 19.7. The number of hydrogen-bond donors (Lipinski definition) is 3. The molecule has 2 atom stereocenters. The molecule has 0 fully saturated rings.